The summed E-state index contributed by atoms with van der Waals surface area (Å²) in [6.45, 7) is 5.29. The van der Waals surface area contributed by atoms with Crippen molar-refractivity contribution in [3.05, 3.63) is 5.89 Å². The van der Waals surface area contributed by atoms with Crippen molar-refractivity contribution < 1.29 is 19.1 Å². The van der Waals surface area contributed by atoms with Crippen molar-refractivity contribution in [2.24, 2.45) is 0 Å². The Morgan fingerprint density at radius 3 is 2.81 bits per heavy atom. The fraction of sp³-hybridized carbons (Fsp3) is 0.667. The topological polar surface area (TPSA) is 85.5 Å². The van der Waals surface area contributed by atoms with Crippen LogP contribution in [0.25, 0.3) is 0 Å². The summed E-state index contributed by atoms with van der Waals surface area (Å²) in [5.41, 5.74) is -0.830. The first-order valence-corrected chi connectivity index (χ1v) is 5.77. The van der Waals surface area contributed by atoms with E-state index >= 15 is 0 Å². The summed E-state index contributed by atoms with van der Waals surface area (Å²) >= 11 is 1.19. The lowest BCUT2D eigenvalue weighted by atomic mass is 10.2. The maximum Gasteiger partial charge on any atom is 0.396 e. The number of aliphatic hydroxyl groups is 1. The predicted molar refractivity (Wildman–Crippen MR) is 57.3 cm³/mol. The van der Waals surface area contributed by atoms with Crippen molar-refractivity contribution in [2.45, 2.75) is 31.6 Å². The number of esters is 1. The Morgan fingerprint density at radius 1 is 1.56 bits per heavy atom. The van der Waals surface area contributed by atoms with Crippen LogP contribution in [0, 0.1) is 0 Å². The second-order valence-corrected chi connectivity index (χ2v) is 4.62. The highest BCUT2D eigenvalue weighted by Gasteiger charge is 2.19. The van der Waals surface area contributed by atoms with E-state index in [-0.39, 0.29) is 17.7 Å². The maximum absolute atomic E-state index is 11.2. The van der Waals surface area contributed by atoms with Crippen LogP contribution in [0.4, 0.5) is 0 Å². The number of ether oxygens (including phenoxy) is 1. The zero-order chi connectivity index (χ0) is 12.2. The number of hydrogen-bond donors (Lipinski definition) is 1. The van der Waals surface area contributed by atoms with E-state index in [9.17, 15) is 9.90 Å². The van der Waals surface area contributed by atoms with Crippen LogP contribution in [0.1, 0.15) is 31.5 Å². The van der Waals surface area contributed by atoms with E-state index in [1.807, 2.05) is 0 Å². The SMILES string of the molecule is CCOC(=O)c1nnc(SCC(C)(C)O)o1. The Labute approximate surface area is 97.4 Å². The molecule has 0 fully saturated rings. The minimum Gasteiger partial charge on any atom is -0.459 e. The van der Waals surface area contributed by atoms with E-state index in [0.717, 1.165) is 0 Å². The van der Waals surface area contributed by atoms with E-state index in [0.29, 0.717) is 5.75 Å². The molecule has 0 aliphatic heterocycles. The molecular formula is C9H14N2O4S. The summed E-state index contributed by atoms with van der Waals surface area (Å²) in [5.74, 6) is -0.400. The molecular weight excluding hydrogens is 232 g/mol. The highest BCUT2D eigenvalue weighted by Crippen LogP contribution is 2.21. The van der Waals surface area contributed by atoms with Crippen molar-refractivity contribution in [3.8, 4) is 0 Å². The molecule has 0 unspecified atom stereocenters. The second kappa shape index (κ2) is 5.31. The number of hydrogen-bond acceptors (Lipinski definition) is 7. The standard InChI is InChI=1S/C9H14N2O4S/c1-4-14-7(12)6-10-11-8(15-6)16-5-9(2,3)13/h13H,4-5H2,1-3H3. The van der Waals surface area contributed by atoms with Gasteiger partial charge in [0.05, 0.1) is 12.2 Å². The fourth-order valence-electron chi connectivity index (χ4n) is 0.782. The number of rotatable bonds is 5. The summed E-state index contributed by atoms with van der Waals surface area (Å²) in [6.07, 6.45) is 0. The number of thioether (sulfide) groups is 1. The van der Waals surface area contributed by atoms with Crippen LogP contribution in [0.3, 0.4) is 0 Å². The Morgan fingerprint density at radius 2 is 2.25 bits per heavy atom. The first-order chi connectivity index (χ1) is 7.42. The smallest absolute Gasteiger partial charge is 0.396 e. The molecule has 0 atom stereocenters. The van der Waals surface area contributed by atoms with Gasteiger partial charge in [-0.25, -0.2) is 4.79 Å². The van der Waals surface area contributed by atoms with Gasteiger partial charge in [-0.05, 0) is 20.8 Å². The molecule has 0 aliphatic carbocycles. The van der Waals surface area contributed by atoms with E-state index in [1.54, 1.807) is 20.8 Å². The van der Waals surface area contributed by atoms with Crippen LogP contribution in [-0.4, -0.2) is 39.2 Å². The molecule has 7 heteroatoms. The number of aromatic nitrogens is 2. The van der Waals surface area contributed by atoms with E-state index in [4.69, 9.17) is 9.15 Å². The van der Waals surface area contributed by atoms with Gasteiger partial charge in [0.1, 0.15) is 0 Å². The monoisotopic (exact) mass is 246 g/mol. The van der Waals surface area contributed by atoms with Gasteiger partial charge >= 0.3 is 11.9 Å². The molecule has 1 aromatic heterocycles. The van der Waals surface area contributed by atoms with Gasteiger partial charge in [0.25, 0.3) is 5.22 Å². The average molecular weight is 246 g/mol. The van der Waals surface area contributed by atoms with Crippen LogP contribution >= 0.6 is 11.8 Å². The van der Waals surface area contributed by atoms with E-state index in [2.05, 4.69) is 10.2 Å². The minimum absolute atomic E-state index is 0.167. The molecule has 0 aromatic carbocycles. The lowest BCUT2D eigenvalue weighted by Gasteiger charge is -2.13. The first kappa shape index (κ1) is 13.0. The molecule has 1 aromatic rings. The predicted octanol–water partition coefficient (Wildman–Crippen LogP) is 1.11. The Balaban J connectivity index is 2.55. The molecule has 1 rings (SSSR count). The van der Waals surface area contributed by atoms with Crippen LogP contribution < -0.4 is 0 Å². The largest absolute Gasteiger partial charge is 0.459 e. The fourth-order valence-corrected chi connectivity index (χ4v) is 1.49. The molecule has 0 amide bonds. The van der Waals surface area contributed by atoms with Gasteiger partial charge in [-0.3, -0.25) is 0 Å². The van der Waals surface area contributed by atoms with E-state index in [1.165, 1.54) is 11.8 Å². The molecule has 0 saturated heterocycles. The highest BCUT2D eigenvalue weighted by molar-refractivity contribution is 7.99. The van der Waals surface area contributed by atoms with Crippen molar-refractivity contribution in [1.82, 2.24) is 10.2 Å². The summed E-state index contributed by atoms with van der Waals surface area (Å²) in [4.78, 5) is 11.2. The molecule has 6 nitrogen and oxygen atoms in total. The molecule has 1 N–H and O–H groups in total. The van der Waals surface area contributed by atoms with Crippen LogP contribution in [0.5, 0.6) is 0 Å². The summed E-state index contributed by atoms with van der Waals surface area (Å²) in [7, 11) is 0. The zero-order valence-electron chi connectivity index (χ0n) is 9.39. The van der Waals surface area contributed by atoms with Crippen molar-refractivity contribution >= 4 is 17.7 Å². The first-order valence-electron chi connectivity index (χ1n) is 4.78. The molecule has 0 spiro atoms. The van der Waals surface area contributed by atoms with Crippen LogP contribution in [0.2, 0.25) is 0 Å². The Hall–Kier alpha value is -1.08. The van der Waals surface area contributed by atoms with Gasteiger partial charge in [0.15, 0.2) is 0 Å². The second-order valence-electron chi connectivity index (χ2n) is 3.69. The normalized spacial score (nSPS) is 11.5. The summed E-state index contributed by atoms with van der Waals surface area (Å²) in [6, 6.07) is 0. The van der Waals surface area contributed by atoms with Crippen molar-refractivity contribution in [3.63, 3.8) is 0 Å². The van der Waals surface area contributed by atoms with Gasteiger partial charge in [-0.15, -0.1) is 5.10 Å². The third-order valence-electron chi connectivity index (χ3n) is 1.41. The van der Waals surface area contributed by atoms with Crippen LogP contribution in [-0.2, 0) is 4.74 Å². The van der Waals surface area contributed by atoms with E-state index < -0.39 is 11.6 Å². The van der Waals surface area contributed by atoms with Gasteiger partial charge in [-0.1, -0.05) is 16.9 Å². The summed E-state index contributed by atoms with van der Waals surface area (Å²) < 4.78 is 9.74. The third-order valence-corrected chi connectivity index (χ3v) is 2.67. The van der Waals surface area contributed by atoms with Gasteiger partial charge < -0.3 is 14.3 Å². The minimum atomic E-state index is -0.830. The lowest BCUT2D eigenvalue weighted by Crippen LogP contribution is -2.21. The summed E-state index contributed by atoms with van der Waals surface area (Å²) in [5, 5.41) is 16.9. The molecule has 16 heavy (non-hydrogen) atoms. The maximum atomic E-state index is 11.2. The molecule has 0 bridgehead atoms. The highest BCUT2D eigenvalue weighted by atomic mass is 32.2. The third kappa shape index (κ3) is 4.19. The average Bonchev–Trinajstić information content (AvgIpc) is 2.62. The van der Waals surface area contributed by atoms with Crippen LogP contribution in [0.15, 0.2) is 9.64 Å². The van der Waals surface area contributed by atoms with Gasteiger partial charge in [-0.2, -0.15) is 0 Å². The lowest BCUT2D eigenvalue weighted by molar-refractivity contribution is 0.0475. The Bertz CT molecular complexity index is 359. The number of carbonyl (C=O) groups is 1. The van der Waals surface area contributed by atoms with Gasteiger partial charge in [0, 0.05) is 5.75 Å². The van der Waals surface area contributed by atoms with Gasteiger partial charge in [0.2, 0.25) is 0 Å². The quantitative estimate of drug-likeness (QED) is 0.615. The van der Waals surface area contributed by atoms with Crippen molar-refractivity contribution in [2.75, 3.05) is 12.4 Å². The molecule has 1 heterocycles. The molecule has 90 valence electrons. The number of nitrogens with zero attached hydrogens (tertiary/aromatic N) is 2. The Kier molecular flexibility index (Phi) is 4.31. The zero-order valence-corrected chi connectivity index (χ0v) is 10.2. The van der Waals surface area contributed by atoms with Crippen molar-refractivity contribution in [1.29, 1.82) is 0 Å². The number of carbonyl (C=O) groups excluding carboxylic acids is 1. The molecule has 0 radical (unpaired) electrons. The molecule has 0 saturated carbocycles. The molecule has 0 aliphatic rings.